The number of alkyl halides is 3. The fourth-order valence-electron chi connectivity index (χ4n) is 2.37. The van der Waals surface area contributed by atoms with Gasteiger partial charge in [0.1, 0.15) is 18.5 Å². The number of carbonyl (C=O) groups is 4. The van der Waals surface area contributed by atoms with Crippen LogP contribution in [-0.2, 0) is 20.4 Å². The van der Waals surface area contributed by atoms with Gasteiger partial charge in [0, 0.05) is 35.2 Å². The minimum absolute atomic E-state index is 0.131. The molecule has 184 valence electrons. The zero-order chi connectivity index (χ0) is 25.5. The number of hydrogen-bond donors (Lipinski definition) is 2. The lowest BCUT2D eigenvalue weighted by Gasteiger charge is -2.28. The predicted molar refractivity (Wildman–Crippen MR) is 106 cm³/mol. The fourth-order valence-corrected chi connectivity index (χ4v) is 2.37. The molecule has 1 aromatic carbocycles. The summed E-state index contributed by atoms with van der Waals surface area (Å²) in [7, 11) is 6.50. The normalized spacial score (nSPS) is 12.8. The Balaban J connectivity index is 3.33. The molecule has 0 fully saturated rings. The number of carbonyl (C=O) groups excluding carboxylic acids is 4. The maximum atomic E-state index is 13.4. The van der Waals surface area contributed by atoms with Crippen LogP contribution in [0.15, 0.2) is 18.2 Å². The standard InChI is InChI=1S/C19H24F4N4O6/c1-24-16(29)14(13(33-18(31)27(4)5)9-32-17(30)26(2)3)25-15(28)11-7-6-10(20)8-12(11)19(21,22)23/h6-8,13-14H,9H2,1-5H3,(H,24,29)(H,25,28). The zero-order valence-corrected chi connectivity index (χ0v) is 18.4. The highest BCUT2D eigenvalue weighted by molar-refractivity contribution is 5.99. The van der Waals surface area contributed by atoms with Crippen LogP contribution in [-0.4, -0.2) is 87.8 Å². The molecule has 2 N–H and O–H groups in total. The van der Waals surface area contributed by atoms with Gasteiger partial charge in [-0.05, 0) is 18.2 Å². The summed E-state index contributed by atoms with van der Waals surface area (Å²) in [6.45, 7) is -0.718. The summed E-state index contributed by atoms with van der Waals surface area (Å²) in [4.78, 5) is 50.9. The van der Waals surface area contributed by atoms with Gasteiger partial charge in [0.25, 0.3) is 5.91 Å². The molecule has 0 saturated heterocycles. The molecular formula is C19H24F4N4O6. The summed E-state index contributed by atoms with van der Waals surface area (Å²) in [6.07, 6.45) is -8.56. The molecule has 0 bridgehead atoms. The second-order valence-corrected chi connectivity index (χ2v) is 7.04. The van der Waals surface area contributed by atoms with Gasteiger partial charge >= 0.3 is 18.4 Å². The van der Waals surface area contributed by atoms with Gasteiger partial charge in [-0.1, -0.05) is 0 Å². The van der Waals surface area contributed by atoms with Gasteiger partial charge in [-0.25, -0.2) is 14.0 Å². The highest BCUT2D eigenvalue weighted by Crippen LogP contribution is 2.32. The minimum atomic E-state index is -5.07. The van der Waals surface area contributed by atoms with Crippen LogP contribution in [0.4, 0.5) is 27.2 Å². The molecule has 0 radical (unpaired) electrons. The summed E-state index contributed by atoms with van der Waals surface area (Å²) >= 11 is 0. The molecule has 0 aliphatic heterocycles. The molecule has 1 rings (SSSR count). The largest absolute Gasteiger partial charge is 0.445 e. The van der Waals surface area contributed by atoms with E-state index >= 15 is 0 Å². The van der Waals surface area contributed by atoms with Gasteiger partial charge < -0.3 is 29.9 Å². The van der Waals surface area contributed by atoms with Crippen molar-refractivity contribution in [3.05, 3.63) is 35.1 Å². The molecule has 0 saturated carbocycles. The third-order valence-electron chi connectivity index (χ3n) is 4.07. The number of nitrogens with one attached hydrogen (secondary N) is 2. The van der Waals surface area contributed by atoms with Crippen molar-refractivity contribution in [3.8, 4) is 0 Å². The Hall–Kier alpha value is -3.58. The smallest absolute Gasteiger partial charge is 0.417 e. The number of nitrogens with zero attached hydrogens (tertiary/aromatic N) is 2. The third-order valence-corrected chi connectivity index (χ3v) is 4.07. The van der Waals surface area contributed by atoms with Crippen LogP contribution in [0.1, 0.15) is 15.9 Å². The quantitative estimate of drug-likeness (QED) is 0.571. The van der Waals surface area contributed by atoms with E-state index in [1.54, 1.807) is 0 Å². The molecule has 0 aliphatic rings. The molecule has 1 aromatic rings. The highest BCUT2D eigenvalue weighted by atomic mass is 19.4. The fraction of sp³-hybridized carbons (Fsp3) is 0.474. The van der Waals surface area contributed by atoms with Crippen molar-refractivity contribution in [2.24, 2.45) is 0 Å². The zero-order valence-electron chi connectivity index (χ0n) is 18.4. The molecule has 0 aromatic heterocycles. The Morgan fingerprint density at radius 3 is 2.09 bits per heavy atom. The summed E-state index contributed by atoms with van der Waals surface area (Å²) in [5.74, 6) is -3.59. The van der Waals surface area contributed by atoms with Crippen molar-refractivity contribution < 1.29 is 46.2 Å². The lowest BCUT2D eigenvalue weighted by atomic mass is 10.0. The third kappa shape index (κ3) is 7.80. The molecule has 0 spiro atoms. The SMILES string of the molecule is CNC(=O)C(NC(=O)c1ccc(F)cc1C(F)(F)F)C(COC(=O)N(C)C)OC(=O)N(C)C. The predicted octanol–water partition coefficient (Wildman–Crippen LogP) is 1.45. The first kappa shape index (κ1) is 27.5. The topological polar surface area (TPSA) is 117 Å². The Kier molecular flexibility index (Phi) is 9.43. The van der Waals surface area contributed by atoms with Crippen molar-refractivity contribution >= 4 is 24.0 Å². The summed E-state index contributed by atoms with van der Waals surface area (Å²) < 4.78 is 63.3. The summed E-state index contributed by atoms with van der Waals surface area (Å²) in [6, 6.07) is -0.401. The van der Waals surface area contributed by atoms with Crippen molar-refractivity contribution in [2.45, 2.75) is 18.3 Å². The van der Waals surface area contributed by atoms with E-state index in [0.29, 0.717) is 12.1 Å². The number of rotatable bonds is 7. The van der Waals surface area contributed by atoms with E-state index in [2.05, 4.69) is 5.32 Å². The maximum Gasteiger partial charge on any atom is 0.417 e. The van der Waals surface area contributed by atoms with E-state index in [-0.39, 0.29) is 6.07 Å². The lowest BCUT2D eigenvalue weighted by molar-refractivity contribution is -0.138. The molecule has 0 heterocycles. The molecule has 4 amide bonds. The Morgan fingerprint density at radius 2 is 1.61 bits per heavy atom. The van der Waals surface area contributed by atoms with Crippen molar-refractivity contribution in [2.75, 3.05) is 41.8 Å². The average Bonchev–Trinajstić information content (AvgIpc) is 2.72. The van der Waals surface area contributed by atoms with E-state index in [4.69, 9.17) is 9.47 Å². The van der Waals surface area contributed by atoms with Gasteiger partial charge in [0.2, 0.25) is 5.91 Å². The van der Waals surface area contributed by atoms with Crippen LogP contribution in [0.2, 0.25) is 0 Å². The number of amides is 4. The van der Waals surface area contributed by atoms with Crippen LogP contribution in [0, 0.1) is 5.82 Å². The van der Waals surface area contributed by atoms with Gasteiger partial charge in [0.15, 0.2) is 6.10 Å². The first-order chi connectivity index (χ1) is 15.2. The van der Waals surface area contributed by atoms with E-state index in [1.165, 1.54) is 28.2 Å². The Labute approximate surface area is 186 Å². The second-order valence-electron chi connectivity index (χ2n) is 7.04. The van der Waals surface area contributed by atoms with Gasteiger partial charge in [0.05, 0.1) is 11.1 Å². The first-order valence-electron chi connectivity index (χ1n) is 9.30. The summed E-state index contributed by atoms with van der Waals surface area (Å²) in [5, 5.41) is 4.22. The van der Waals surface area contributed by atoms with Crippen LogP contribution < -0.4 is 10.6 Å². The Morgan fingerprint density at radius 1 is 1.03 bits per heavy atom. The minimum Gasteiger partial charge on any atom is -0.445 e. The number of hydrogen-bond acceptors (Lipinski definition) is 6. The van der Waals surface area contributed by atoms with Crippen LogP contribution in [0.25, 0.3) is 0 Å². The molecular weight excluding hydrogens is 456 g/mol. The van der Waals surface area contributed by atoms with Crippen LogP contribution >= 0.6 is 0 Å². The highest BCUT2D eigenvalue weighted by Gasteiger charge is 2.39. The van der Waals surface area contributed by atoms with Crippen LogP contribution in [0.3, 0.4) is 0 Å². The number of ether oxygens (including phenoxy) is 2. The number of likely N-dealkylation sites (N-methyl/N-ethyl adjacent to an activating group) is 1. The first-order valence-corrected chi connectivity index (χ1v) is 9.30. The molecule has 2 atom stereocenters. The average molecular weight is 480 g/mol. The van der Waals surface area contributed by atoms with Crippen LogP contribution in [0.5, 0.6) is 0 Å². The van der Waals surface area contributed by atoms with Crippen molar-refractivity contribution in [3.63, 3.8) is 0 Å². The molecule has 2 unspecified atom stereocenters. The van der Waals surface area contributed by atoms with Crippen molar-refractivity contribution in [1.29, 1.82) is 0 Å². The number of benzene rings is 1. The molecule has 33 heavy (non-hydrogen) atoms. The van der Waals surface area contributed by atoms with E-state index in [0.717, 1.165) is 16.8 Å². The van der Waals surface area contributed by atoms with Gasteiger partial charge in [-0.2, -0.15) is 13.2 Å². The number of halogens is 4. The van der Waals surface area contributed by atoms with Gasteiger partial charge in [-0.3, -0.25) is 9.59 Å². The van der Waals surface area contributed by atoms with Crippen molar-refractivity contribution in [1.82, 2.24) is 20.4 Å². The Bertz CT molecular complexity index is 892. The van der Waals surface area contributed by atoms with E-state index in [1.807, 2.05) is 5.32 Å². The maximum absolute atomic E-state index is 13.4. The molecule has 14 heteroatoms. The van der Waals surface area contributed by atoms with Gasteiger partial charge in [-0.15, -0.1) is 0 Å². The van der Waals surface area contributed by atoms with E-state index < -0.39 is 65.9 Å². The summed E-state index contributed by atoms with van der Waals surface area (Å²) in [5.41, 5.74) is -2.54. The monoisotopic (exact) mass is 480 g/mol. The molecule has 10 nitrogen and oxygen atoms in total. The van der Waals surface area contributed by atoms with E-state index in [9.17, 15) is 36.7 Å². The second kappa shape index (κ2) is 11.3. The lowest BCUT2D eigenvalue weighted by Crippen LogP contribution is -2.56. The molecule has 0 aliphatic carbocycles.